The number of methoxy groups -OCH3 is 1. The van der Waals surface area contributed by atoms with Gasteiger partial charge in [0, 0.05) is 6.54 Å². The van der Waals surface area contributed by atoms with Gasteiger partial charge in [0.25, 0.3) is 5.91 Å². The molecule has 0 saturated carbocycles. The zero-order chi connectivity index (χ0) is 19.6. The van der Waals surface area contributed by atoms with Gasteiger partial charge in [-0.3, -0.25) is 4.79 Å². The summed E-state index contributed by atoms with van der Waals surface area (Å²) in [5.74, 6) is -0.106. The summed E-state index contributed by atoms with van der Waals surface area (Å²) in [5.41, 5.74) is 1.20. The van der Waals surface area contributed by atoms with Crippen molar-refractivity contribution in [2.75, 3.05) is 13.7 Å². The lowest BCUT2D eigenvalue weighted by atomic mass is 10.2. The zero-order valence-electron chi connectivity index (χ0n) is 15.1. The maximum atomic E-state index is 12.1. The van der Waals surface area contributed by atoms with E-state index in [1.165, 1.54) is 6.92 Å². The Morgan fingerprint density at radius 3 is 2.52 bits per heavy atom. The minimum absolute atomic E-state index is 0.286. The van der Waals surface area contributed by atoms with Crippen LogP contribution in [0.15, 0.2) is 48.5 Å². The Labute approximate surface area is 157 Å². The van der Waals surface area contributed by atoms with E-state index < -0.39 is 24.6 Å². The molecule has 0 aliphatic heterocycles. The predicted molar refractivity (Wildman–Crippen MR) is 97.0 cm³/mol. The first-order chi connectivity index (χ1) is 13.0. The van der Waals surface area contributed by atoms with Crippen LogP contribution in [0.2, 0.25) is 0 Å². The molecule has 0 heterocycles. The van der Waals surface area contributed by atoms with E-state index in [0.717, 1.165) is 11.3 Å². The van der Waals surface area contributed by atoms with Crippen molar-refractivity contribution >= 4 is 11.9 Å². The standard InChI is InChI=1S/C20H20N2O5/c1-14(20(24)22-12-15-7-9-17(25-2)10-8-15)27-19(23)13-26-18-6-4-3-5-16(18)11-21/h3-10,14H,12-13H2,1-2H3,(H,22,24)/t14-/m1/s1. The predicted octanol–water partition coefficient (Wildman–Crippen LogP) is 2.19. The molecule has 7 heteroatoms. The summed E-state index contributed by atoms with van der Waals surface area (Å²) in [5, 5.41) is 11.7. The van der Waals surface area contributed by atoms with E-state index in [2.05, 4.69) is 5.32 Å². The molecule has 2 aromatic carbocycles. The first-order valence-electron chi connectivity index (χ1n) is 8.25. The van der Waals surface area contributed by atoms with E-state index in [1.807, 2.05) is 18.2 Å². The van der Waals surface area contributed by atoms with E-state index in [4.69, 9.17) is 19.5 Å². The highest BCUT2D eigenvalue weighted by Gasteiger charge is 2.18. The second kappa shape index (κ2) is 9.82. The maximum absolute atomic E-state index is 12.1. The van der Waals surface area contributed by atoms with E-state index >= 15 is 0 Å². The molecule has 0 radical (unpaired) electrons. The molecular weight excluding hydrogens is 348 g/mol. The maximum Gasteiger partial charge on any atom is 0.344 e. The van der Waals surface area contributed by atoms with Crippen LogP contribution in [0.4, 0.5) is 0 Å². The summed E-state index contributed by atoms with van der Waals surface area (Å²) in [6.45, 7) is 1.38. The molecule has 0 unspecified atom stereocenters. The van der Waals surface area contributed by atoms with Crippen LogP contribution in [-0.4, -0.2) is 31.7 Å². The van der Waals surface area contributed by atoms with Gasteiger partial charge in [0.1, 0.15) is 17.6 Å². The molecule has 7 nitrogen and oxygen atoms in total. The van der Waals surface area contributed by atoms with Crippen molar-refractivity contribution in [1.82, 2.24) is 5.32 Å². The van der Waals surface area contributed by atoms with E-state index in [9.17, 15) is 9.59 Å². The number of esters is 1. The van der Waals surface area contributed by atoms with Gasteiger partial charge in [0.05, 0.1) is 12.7 Å². The van der Waals surface area contributed by atoms with Crippen molar-refractivity contribution in [3.63, 3.8) is 0 Å². The smallest absolute Gasteiger partial charge is 0.344 e. The fourth-order valence-electron chi connectivity index (χ4n) is 2.18. The molecule has 27 heavy (non-hydrogen) atoms. The molecule has 2 aromatic rings. The molecule has 1 atom stereocenters. The number of ether oxygens (including phenoxy) is 3. The third-order valence-electron chi connectivity index (χ3n) is 3.66. The molecule has 140 valence electrons. The number of carbonyl (C=O) groups excluding carboxylic acids is 2. The summed E-state index contributed by atoms with van der Waals surface area (Å²) in [4.78, 5) is 23.9. The first kappa shape index (κ1) is 19.8. The van der Waals surface area contributed by atoms with Crippen molar-refractivity contribution in [3.8, 4) is 17.6 Å². The van der Waals surface area contributed by atoms with Crippen molar-refractivity contribution in [2.45, 2.75) is 19.6 Å². The number of rotatable bonds is 8. The summed E-state index contributed by atoms with van der Waals surface area (Å²) in [6.07, 6.45) is -0.967. The van der Waals surface area contributed by atoms with Crippen LogP contribution in [-0.2, 0) is 20.9 Å². The molecule has 0 saturated heterocycles. The number of benzene rings is 2. The number of amides is 1. The molecule has 0 aliphatic rings. The number of nitrogens with one attached hydrogen (secondary N) is 1. The highest BCUT2D eigenvalue weighted by atomic mass is 16.6. The molecule has 0 aliphatic carbocycles. The monoisotopic (exact) mass is 368 g/mol. The molecule has 0 aromatic heterocycles. The number of hydrogen-bond acceptors (Lipinski definition) is 6. The summed E-state index contributed by atoms with van der Waals surface area (Å²) in [7, 11) is 1.58. The van der Waals surface area contributed by atoms with Crippen LogP contribution in [0.25, 0.3) is 0 Å². The fourth-order valence-corrected chi connectivity index (χ4v) is 2.18. The molecule has 2 rings (SSSR count). The largest absolute Gasteiger partial charge is 0.497 e. The number of carbonyl (C=O) groups is 2. The Kier molecular flexibility index (Phi) is 7.20. The van der Waals surface area contributed by atoms with Gasteiger partial charge in [-0.25, -0.2) is 4.79 Å². The summed E-state index contributed by atoms with van der Waals surface area (Å²) >= 11 is 0. The van der Waals surface area contributed by atoms with Gasteiger partial charge in [-0.15, -0.1) is 0 Å². The van der Waals surface area contributed by atoms with Gasteiger partial charge >= 0.3 is 5.97 Å². The summed E-state index contributed by atoms with van der Waals surface area (Å²) < 4.78 is 15.4. The van der Waals surface area contributed by atoms with Gasteiger partial charge in [-0.2, -0.15) is 5.26 Å². The Morgan fingerprint density at radius 1 is 1.15 bits per heavy atom. The van der Waals surface area contributed by atoms with E-state index in [1.54, 1.807) is 43.5 Å². The molecule has 0 spiro atoms. The molecule has 1 N–H and O–H groups in total. The Balaban J connectivity index is 1.77. The van der Waals surface area contributed by atoms with E-state index in [0.29, 0.717) is 12.1 Å². The second-order valence-electron chi connectivity index (χ2n) is 5.59. The fraction of sp³-hybridized carbons (Fsp3) is 0.250. The Hall–Kier alpha value is -3.53. The lowest BCUT2D eigenvalue weighted by Gasteiger charge is -2.14. The molecule has 1 amide bonds. The van der Waals surface area contributed by atoms with Gasteiger partial charge in [-0.1, -0.05) is 24.3 Å². The number of nitriles is 1. The van der Waals surface area contributed by atoms with Crippen molar-refractivity contribution < 1.29 is 23.8 Å². The van der Waals surface area contributed by atoms with Gasteiger partial charge in [-0.05, 0) is 36.8 Å². The zero-order valence-corrected chi connectivity index (χ0v) is 15.1. The van der Waals surface area contributed by atoms with Crippen LogP contribution in [0.5, 0.6) is 11.5 Å². The highest BCUT2D eigenvalue weighted by Crippen LogP contribution is 2.16. The minimum Gasteiger partial charge on any atom is -0.497 e. The number of hydrogen-bond donors (Lipinski definition) is 1. The van der Waals surface area contributed by atoms with Crippen molar-refractivity contribution in [3.05, 3.63) is 59.7 Å². The van der Waals surface area contributed by atoms with Crippen molar-refractivity contribution in [1.29, 1.82) is 5.26 Å². The third-order valence-corrected chi connectivity index (χ3v) is 3.66. The molecule has 0 fully saturated rings. The number of para-hydroxylation sites is 1. The van der Waals surface area contributed by atoms with Crippen LogP contribution >= 0.6 is 0 Å². The summed E-state index contributed by atoms with van der Waals surface area (Å²) in [6, 6.07) is 15.8. The quantitative estimate of drug-likeness (QED) is 0.718. The Morgan fingerprint density at radius 2 is 1.85 bits per heavy atom. The van der Waals surface area contributed by atoms with Gasteiger partial charge < -0.3 is 19.5 Å². The average molecular weight is 368 g/mol. The normalized spacial score (nSPS) is 11.0. The van der Waals surface area contributed by atoms with Crippen LogP contribution in [0.1, 0.15) is 18.1 Å². The lowest BCUT2D eigenvalue weighted by molar-refractivity contribution is -0.156. The topological polar surface area (TPSA) is 97.7 Å². The number of nitrogens with zero attached hydrogens (tertiary/aromatic N) is 1. The average Bonchev–Trinajstić information content (AvgIpc) is 2.70. The SMILES string of the molecule is COc1ccc(CNC(=O)[C@@H](C)OC(=O)COc2ccccc2C#N)cc1. The van der Waals surface area contributed by atoms with Crippen LogP contribution in [0, 0.1) is 11.3 Å². The van der Waals surface area contributed by atoms with E-state index in [-0.39, 0.29) is 5.75 Å². The highest BCUT2D eigenvalue weighted by molar-refractivity contribution is 5.83. The van der Waals surface area contributed by atoms with Gasteiger partial charge in [0.2, 0.25) is 0 Å². The van der Waals surface area contributed by atoms with Crippen LogP contribution < -0.4 is 14.8 Å². The van der Waals surface area contributed by atoms with Gasteiger partial charge in [0.15, 0.2) is 12.7 Å². The second-order valence-corrected chi connectivity index (χ2v) is 5.59. The minimum atomic E-state index is -0.967. The molecular formula is C20H20N2O5. The third kappa shape index (κ3) is 6.04. The van der Waals surface area contributed by atoms with Crippen molar-refractivity contribution in [2.24, 2.45) is 0 Å². The first-order valence-corrected chi connectivity index (χ1v) is 8.25. The Bertz CT molecular complexity index is 827. The van der Waals surface area contributed by atoms with Crippen LogP contribution in [0.3, 0.4) is 0 Å². The molecule has 0 bridgehead atoms. The lowest BCUT2D eigenvalue weighted by Crippen LogP contribution is -2.36.